The fourth-order valence-electron chi connectivity index (χ4n) is 1.56. The Bertz CT molecular complexity index is 661. The van der Waals surface area contributed by atoms with Crippen molar-refractivity contribution in [1.29, 1.82) is 0 Å². The third-order valence-corrected chi connectivity index (χ3v) is 5.63. The van der Waals surface area contributed by atoms with Gasteiger partial charge in [0.2, 0.25) is 0 Å². The molecule has 0 amide bonds. The summed E-state index contributed by atoms with van der Waals surface area (Å²) in [6, 6.07) is 5.88. The highest BCUT2D eigenvalue weighted by Crippen LogP contribution is 2.31. The molecule has 0 unspecified atom stereocenters. The van der Waals surface area contributed by atoms with E-state index in [4.69, 9.17) is 10.5 Å². The molecule has 0 aliphatic heterocycles. The lowest BCUT2D eigenvalue weighted by atomic mass is 10.1. The number of benzene rings is 1. The van der Waals surface area contributed by atoms with Gasteiger partial charge in [0.1, 0.15) is 5.75 Å². The molecule has 110 valence electrons. The summed E-state index contributed by atoms with van der Waals surface area (Å²) in [6.07, 6.45) is 2.00. The largest absolute Gasteiger partial charge is 0.497 e. The lowest BCUT2D eigenvalue weighted by Crippen LogP contribution is -1.95. The minimum atomic E-state index is 0.353. The van der Waals surface area contributed by atoms with E-state index in [-0.39, 0.29) is 0 Å². The molecule has 1 aromatic carbocycles. The molecule has 2 aromatic rings. The number of nitrogens with two attached hydrogens (primary N) is 1. The van der Waals surface area contributed by atoms with Crippen molar-refractivity contribution in [3.05, 3.63) is 29.3 Å². The van der Waals surface area contributed by atoms with E-state index in [1.165, 1.54) is 0 Å². The van der Waals surface area contributed by atoms with Gasteiger partial charge in [-0.15, -0.1) is 10.2 Å². The van der Waals surface area contributed by atoms with Crippen molar-refractivity contribution >= 4 is 34.9 Å². The van der Waals surface area contributed by atoms with E-state index < -0.39 is 0 Å². The molecule has 1 heterocycles. The molecule has 0 bridgehead atoms. The Labute approximate surface area is 136 Å². The molecule has 7 heteroatoms. The van der Waals surface area contributed by atoms with Gasteiger partial charge in [0, 0.05) is 11.3 Å². The second-order valence-corrected chi connectivity index (χ2v) is 7.11. The molecule has 1 aromatic heterocycles. The lowest BCUT2D eigenvalue weighted by Gasteiger charge is -2.06. The normalized spacial score (nSPS) is 10.0. The monoisotopic (exact) mass is 337 g/mol. The zero-order valence-electron chi connectivity index (χ0n) is 11.8. The maximum Gasteiger partial charge on any atom is 0.175 e. The molecule has 4 nitrogen and oxygen atoms in total. The molecule has 0 aliphatic rings. The molecule has 0 spiro atoms. The van der Waals surface area contributed by atoms with Crippen molar-refractivity contribution < 1.29 is 4.74 Å². The Kier molecular flexibility index (Phi) is 6.39. The average Bonchev–Trinajstić information content (AvgIpc) is 2.99. The summed E-state index contributed by atoms with van der Waals surface area (Å²) in [5, 5.41) is 8.25. The lowest BCUT2D eigenvalue weighted by molar-refractivity contribution is 0.414. The second kappa shape index (κ2) is 8.29. The zero-order chi connectivity index (χ0) is 15.1. The van der Waals surface area contributed by atoms with Crippen molar-refractivity contribution in [3.63, 3.8) is 0 Å². The van der Waals surface area contributed by atoms with Gasteiger partial charge < -0.3 is 10.5 Å². The Morgan fingerprint density at radius 2 is 2.14 bits per heavy atom. The van der Waals surface area contributed by atoms with Crippen molar-refractivity contribution in [2.24, 2.45) is 5.73 Å². The number of hydrogen-bond acceptors (Lipinski definition) is 7. The number of aromatic nitrogens is 2. The molecule has 0 saturated heterocycles. The molecule has 0 saturated carbocycles. The number of ether oxygens (including phenoxy) is 1. The SMILES string of the molecule is COc1ccc(C#CCN)c(CSc2nnc(SC)s2)c1. The van der Waals surface area contributed by atoms with Crippen LogP contribution in [0.4, 0.5) is 0 Å². The van der Waals surface area contributed by atoms with Gasteiger partial charge in [-0.05, 0) is 30.0 Å². The van der Waals surface area contributed by atoms with E-state index in [9.17, 15) is 0 Å². The predicted octanol–water partition coefficient (Wildman–Crippen LogP) is 2.87. The fraction of sp³-hybridized carbons (Fsp3) is 0.286. The van der Waals surface area contributed by atoms with Crippen molar-refractivity contribution in [2.75, 3.05) is 19.9 Å². The smallest absolute Gasteiger partial charge is 0.175 e. The van der Waals surface area contributed by atoms with Crippen LogP contribution in [-0.4, -0.2) is 30.1 Å². The topological polar surface area (TPSA) is 61.0 Å². The van der Waals surface area contributed by atoms with Crippen LogP contribution >= 0.6 is 34.9 Å². The maximum absolute atomic E-state index is 5.44. The quantitative estimate of drug-likeness (QED) is 0.669. The highest BCUT2D eigenvalue weighted by Gasteiger charge is 2.07. The van der Waals surface area contributed by atoms with Gasteiger partial charge in [0.05, 0.1) is 13.7 Å². The number of methoxy groups -OCH3 is 1. The van der Waals surface area contributed by atoms with E-state index in [0.717, 1.165) is 31.3 Å². The van der Waals surface area contributed by atoms with Gasteiger partial charge in [0.15, 0.2) is 8.68 Å². The van der Waals surface area contributed by atoms with Gasteiger partial charge in [-0.25, -0.2) is 0 Å². The van der Waals surface area contributed by atoms with Gasteiger partial charge in [-0.1, -0.05) is 46.7 Å². The summed E-state index contributed by atoms with van der Waals surface area (Å²) in [5.41, 5.74) is 7.53. The van der Waals surface area contributed by atoms with Gasteiger partial charge in [-0.2, -0.15) is 0 Å². The Balaban J connectivity index is 2.16. The van der Waals surface area contributed by atoms with Crippen LogP contribution in [0, 0.1) is 11.8 Å². The van der Waals surface area contributed by atoms with Crippen molar-refractivity contribution in [1.82, 2.24) is 10.2 Å². The van der Waals surface area contributed by atoms with E-state index >= 15 is 0 Å². The average molecular weight is 337 g/mol. The molecule has 0 atom stereocenters. The van der Waals surface area contributed by atoms with Crippen molar-refractivity contribution in [2.45, 2.75) is 14.4 Å². The van der Waals surface area contributed by atoms with Gasteiger partial charge in [0.25, 0.3) is 0 Å². The third kappa shape index (κ3) is 4.64. The van der Waals surface area contributed by atoms with Crippen molar-refractivity contribution in [3.8, 4) is 17.6 Å². The number of rotatable bonds is 5. The number of thioether (sulfide) groups is 2. The van der Waals surface area contributed by atoms with Crippen LogP contribution in [0.15, 0.2) is 26.9 Å². The molecular formula is C14H15N3OS3. The molecule has 0 aliphatic carbocycles. The van der Waals surface area contributed by atoms with Gasteiger partial charge in [-0.3, -0.25) is 0 Å². The van der Waals surface area contributed by atoms with Crippen LogP contribution in [0.3, 0.4) is 0 Å². The molecular weight excluding hydrogens is 322 g/mol. The van der Waals surface area contributed by atoms with Crippen LogP contribution in [0.1, 0.15) is 11.1 Å². The Hall–Kier alpha value is -1.20. The highest BCUT2D eigenvalue weighted by molar-refractivity contribution is 8.02. The fourth-order valence-corrected chi connectivity index (χ4v) is 3.99. The minimum Gasteiger partial charge on any atom is -0.497 e. The van der Waals surface area contributed by atoms with Gasteiger partial charge >= 0.3 is 0 Å². The van der Waals surface area contributed by atoms with Crippen LogP contribution in [0.2, 0.25) is 0 Å². The standard InChI is InChI=1S/C14H15N3OS3/c1-18-12-6-5-10(4-3-7-15)11(8-12)9-20-14-17-16-13(19-2)21-14/h5-6,8H,7,9,15H2,1-2H3. The van der Waals surface area contributed by atoms with Crippen LogP contribution < -0.4 is 10.5 Å². The van der Waals surface area contributed by atoms with E-state index in [0.29, 0.717) is 6.54 Å². The molecule has 21 heavy (non-hydrogen) atoms. The first-order valence-electron chi connectivity index (χ1n) is 6.13. The summed E-state index contributed by atoms with van der Waals surface area (Å²) < 4.78 is 7.21. The number of hydrogen-bond donors (Lipinski definition) is 1. The summed E-state index contributed by atoms with van der Waals surface area (Å²) in [6.45, 7) is 0.353. The Morgan fingerprint density at radius 1 is 1.33 bits per heavy atom. The first-order valence-corrected chi connectivity index (χ1v) is 9.15. The first kappa shape index (κ1) is 16.2. The molecule has 2 rings (SSSR count). The molecule has 2 N–H and O–H groups in total. The number of nitrogens with zero attached hydrogens (tertiary/aromatic N) is 2. The molecule has 0 radical (unpaired) electrons. The van der Waals surface area contributed by atoms with E-state index in [1.807, 2.05) is 24.5 Å². The van der Waals surface area contributed by atoms with E-state index in [1.54, 1.807) is 42.0 Å². The van der Waals surface area contributed by atoms with E-state index in [2.05, 4.69) is 22.0 Å². The second-order valence-electron chi connectivity index (χ2n) is 3.86. The Morgan fingerprint density at radius 3 is 2.81 bits per heavy atom. The van der Waals surface area contributed by atoms with Crippen LogP contribution in [-0.2, 0) is 5.75 Å². The summed E-state index contributed by atoms with van der Waals surface area (Å²) >= 11 is 4.86. The third-order valence-electron chi connectivity index (χ3n) is 2.55. The summed E-state index contributed by atoms with van der Waals surface area (Å²) in [7, 11) is 1.66. The predicted molar refractivity (Wildman–Crippen MR) is 90.2 cm³/mol. The highest BCUT2D eigenvalue weighted by atomic mass is 32.2. The first-order chi connectivity index (χ1) is 10.3. The zero-order valence-corrected chi connectivity index (χ0v) is 14.2. The molecule has 0 fully saturated rings. The van der Waals surface area contributed by atoms with Crippen LogP contribution in [0.5, 0.6) is 5.75 Å². The maximum atomic E-state index is 5.44. The summed E-state index contributed by atoms with van der Waals surface area (Å²) in [5.74, 6) is 7.59. The minimum absolute atomic E-state index is 0.353. The summed E-state index contributed by atoms with van der Waals surface area (Å²) in [4.78, 5) is 0. The van der Waals surface area contributed by atoms with Crippen LogP contribution in [0.25, 0.3) is 0 Å².